The van der Waals surface area contributed by atoms with Crippen molar-refractivity contribution in [2.45, 2.75) is 6.85 Å². The molecular weight excluding hydrogens is 1290 g/mol. The Balaban J connectivity index is 0.0000130. The van der Waals surface area contributed by atoms with Gasteiger partial charge in [-0.3, -0.25) is 4.57 Å². The molecule has 6 heteroatoms. The van der Waals surface area contributed by atoms with Crippen molar-refractivity contribution in [1.29, 1.82) is 0 Å². The molecule has 0 aliphatic heterocycles. The third-order valence-electron chi connectivity index (χ3n) is 14.4. The van der Waals surface area contributed by atoms with E-state index in [1.165, 1.54) is 53.1 Å². The van der Waals surface area contributed by atoms with Crippen LogP contribution in [0.5, 0.6) is 11.5 Å². The first kappa shape index (κ1) is 28.1. The quantitative estimate of drug-likeness (QED) is 0.0852. The molecule has 0 amide bonds. The van der Waals surface area contributed by atoms with E-state index in [0.717, 1.165) is 22.9 Å². The van der Waals surface area contributed by atoms with Crippen molar-refractivity contribution < 1.29 is 83.8 Å². The first-order valence-corrected chi connectivity index (χ1v) is 27.2. The molecular formula is C85H56N4OPt-2. The number of aryl methyl sites for hydroxylation is 1. The molecule has 13 aromatic carbocycles. The van der Waals surface area contributed by atoms with E-state index in [4.69, 9.17) is 36.3 Å². The van der Waals surface area contributed by atoms with Crippen LogP contribution < -0.4 is 9.30 Å². The van der Waals surface area contributed by atoms with Crippen LogP contribution in [0.1, 0.15) is 59.0 Å². The molecule has 16 rings (SSSR count). The van der Waals surface area contributed by atoms with Crippen LogP contribution in [-0.2, 0) is 21.1 Å². The third-order valence-corrected chi connectivity index (χ3v) is 14.4. The van der Waals surface area contributed by atoms with E-state index in [1.807, 2.05) is 0 Å². The van der Waals surface area contributed by atoms with Crippen molar-refractivity contribution in [3.8, 4) is 118 Å². The van der Waals surface area contributed by atoms with Crippen molar-refractivity contribution in [3.05, 3.63) is 345 Å². The van der Waals surface area contributed by atoms with Crippen LogP contribution >= 0.6 is 0 Å². The fraction of sp³-hybridized carbons (Fsp3) is 0.0118. The summed E-state index contributed by atoms with van der Waals surface area (Å²) in [6, 6.07) is -6.84. The van der Waals surface area contributed by atoms with Crippen LogP contribution in [0.2, 0.25) is 0 Å². The summed E-state index contributed by atoms with van der Waals surface area (Å²) < 4.78 is 371. The van der Waals surface area contributed by atoms with E-state index in [1.54, 1.807) is 41.0 Å². The van der Waals surface area contributed by atoms with Gasteiger partial charge in [0.2, 0.25) is 0 Å². The minimum absolute atomic E-state index is 0. The smallest absolute Gasteiger partial charge is 0.268 e. The summed E-state index contributed by atoms with van der Waals surface area (Å²) in [5, 5.41) is 1.14. The number of imidazole rings is 1. The number of nitrogens with zero attached hydrogens (tertiary/aromatic N) is 4. The molecule has 0 bridgehead atoms. The van der Waals surface area contributed by atoms with E-state index >= 15 is 0 Å². The van der Waals surface area contributed by atoms with Gasteiger partial charge in [-0.1, -0.05) is 229 Å². The molecule has 0 fully saturated rings. The monoisotopic (exact) mass is 1380 g/mol. The Bertz CT molecular complexity index is 7140. The molecule has 0 aliphatic rings. The van der Waals surface area contributed by atoms with Gasteiger partial charge in [0, 0.05) is 54.0 Å². The van der Waals surface area contributed by atoms with Crippen LogP contribution in [0, 0.1) is 25.3 Å². The van der Waals surface area contributed by atoms with Gasteiger partial charge in [0.05, 0.1) is 66.1 Å². The Morgan fingerprint density at radius 2 is 0.890 bits per heavy atom. The third kappa shape index (κ3) is 10.9. The molecule has 0 N–H and O–H groups in total. The molecule has 16 aromatic rings. The second kappa shape index (κ2) is 24.4. The number of ether oxygens (including phenoxy) is 1. The molecule has 5 nitrogen and oxygen atoms in total. The maximum absolute atomic E-state index is 10.7. The van der Waals surface area contributed by atoms with Gasteiger partial charge in [-0.25, -0.2) is 4.98 Å². The average Bonchev–Trinajstić information content (AvgIpc) is 1.13. The Labute approximate surface area is 598 Å². The number of benzene rings is 13. The molecule has 91 heavy (non-hydrogen) atoms. The van der Waals surface area contributed by atoms with E-state index < -0.39 is 319 Å². The molecule has 434 valence electrons. The molecule has 0 unspecified atom stereocenters. The SMILES string of the molecule is [2H]c1c([2H])c([2H])c(-c2cc(-c3c([2H])c(-c4c([2H])c([2H])c([2H])c([2H])c4[2H])c([2H])c(-c4c([2H])c([2H])c([2H])c([2H])c4[2H])c3[2H])c(-[n+]3[c-]n(-c4[c-]c(Oc5[c-]c6c(cc5)c5ccccc5n6-c5cc(C([2H])([2H])[2H])c(-c6c([2H])c([2H])c([2H])c([2H])c6[2H])cn5)ccc4)c4ccccc43)c(-c3c([2H])c(-c4c([2H])c([2H])c([2H])c([2H])c4[2H])c([2H])c(-c4c([2H])c([2H])c([2H])c([2H])c4[2H])c3[2H])c2)c([2H])c1[2H].[Pt]. The fourth-order valence-electron chi connectivity index (χ4n) is 10.5. The summed E-state index contributed by atoms with van der Waals surface area (Å²) in [6.45, 7) is -2.98. The maximum Gasteiger partial charge on any atom is 0.268 e. The number of pyridine rings is 1. The van der Waals surface area contributed by atoms with Gasteiger partial charge in [0.1, 0.15) is 5.82 Å². The normalized spacial score (nSPS) is 17.4. The van der Waals surface area contributed by atoms with Crippen LogP contribution in [-0.4, -0.2) is 14.1 Å². The molecule has 0 spiro atoms. The summed E-state index contributed by atoms with van der Waals surface area (Å²) >= 11 is 0. The summed E-state index contributed by atoms with van der Waals surface area (Å²) in [7, 11) is 0. The zero-order valence-corrected chi connectivity index (χ0v) is 48.6. The molecule has 0 saturated carbocycles. The number of fused-ring (bicyclic) bond motifs is 4. The van der Waals surface area contributed by atoms with Gasteiger partial charge in [-0.15, -0.1) is 29.7 Å². The number of aromatic nitrogens is 4. The van der Waals surface area contributed by atoms with Crippen molar-refractivity contribution >= 4 is 32.8 Å². The standard InChI is InChI=1S/C85H56N4O.Pt/c1-58-45-84(86-56-79(58)64-35-18-7-19-36-64)89-80-40-21-20-39-75(80)76-44-43-74(55-83(76)89)90-73-38-24-37-72(54-73)87-57-88(82-42-23-22-41-81(82)87)85-77(70-48-65(59-25-8-2-9-26-59)46-66(49-70)60-27-10-3-11-28-60)52-69(63-33-16-6-17-34-63)53-78(85)71-50-67(61-29-12-4-13-30-61)47-68(51-71)62-31-14-5-15-32-62;/h2-53,56H,1H3;/q-2;/i1D3,2D,3D,4D,5D,6D,7D,8D,9D,10D,11D,12D,13D,14D,15D,16D,17D,18D,19D,25D,26D,27D,28D,29D,30D,31D,32D,33D,34D,35D,36D,46D,47D,48D,49D,50D,51D;. The second-order valence-electron chi connectivity index (χ2n) is 19.7. The first-order valence-electron chi connectivity index (χ1n) is 46.7. The van der Waals surface area contributed by atoms with Crippen molar-refractivity contribution in [1.82, 2.24) is 14.1 Å². The summed E-state index contributed by atoms with van der Waals surface area (Å²) in [5.74, 6) is -0.143. The summed E-state index contributed by atoms with van der Waals surface area (Å²) in [6.07, 6.45) is 4.34. The average molecular weight is 1380 g/mol. The number of hydrogen-bond acceptors (Lipinski definition) is 2. The first-order chi connectivity index (χ1) is 60.7. The molecule has 0 aliphatic carbocycles. The zero-order valence-electron chi connectivity index (χ0n) is 85.3. The van der Waals surface area contributed by atoms with E-state index in [0.29, 0.717) is 16.3 Å². The summed E-state index contributed by atoms with van der Waals surface area (Å²) in [4.78, 5) is 4.66. The topological polar surface area (TPSA) is 35.9 Å². The zero-order chi connectivity index (χ0) is 93.7. The van der Waals surface area contributed by atoms with Crippen LogP contribution in [0.4, 0.5) is 0 Å². The Hall–Kier alpha value is -11.2. The molecule has 0 saturated heterocycles. The predicted molar refractivity (Wildman–Crippen MR) is 368 cm³/mol. The van der Waals surface area contributed by atoms with Crippen LogP contribution in [0.25, 0.3) is 139 Å². The van der Waals surface area contributed by atoms with E-state index in [2.05, 4.69) is 23.4 Å². The van der Waals surface area contributed by atoms with E-state index in [9.17, 15) is 21.9 Å². The molecule has 0 atom stereocenters. The van der Waals surface area contributed by atoms with Crippen molar-refractivity contribution in [2.24, 2.45) is 0 Å². The minimum Gasteiger partial charge on any atom is -0.510 e. The molecule has 3 aromatic heterocycles. The van der Waals surface area contributed by atoms with Crippen molar-refractivity contribution in [3.63, 3.8) is 0 Å². The van der Waals surface area contributed by atoms with Gasteiger partial charge in [-0.05, 0) is 167 Å². The maximum atomic E-state index is 10.7. The van der Waals surface area contributed by atoms with Crippen LogP contribution in [0.15, 0.2) is 321 Å². The summed E-state index contributed by atoms with van der Waals surface area (Å²) in [5.41, 5.74) is -13.9. The van der Waals surface area contributed by atoms with Gasteiger partial charge in [0.25, 0.3) is 6.33 Å². The Kier molecular flexibility index (Phi) is 7.52. The predicted octanol–water partition coefficient (Wildman–Crippen LogP) is 21.2. The van der Waals surface area contributed by atoms with Gasteiger partial charge in [0.15, 0.2) is 0 Å². The number of hydrogen-bond donors (Lipinski definition) is 0. The fourth-order valence-corrected chi connectivity index (χ4v) is 10.5. The molecule has 3 heterocycles. The Morgan fingerprint density at radius 1 is 0.418 bits per heavy atom. The molecule has 0 radical (unpaired) electrons. The van der Waals surface area contributed by atoms with Gasteiger partial charge in [-0.2, -0.15) is 18.2 Å². The van der Waals surface area contributed by atoms with Crippen LogP contribution in [0.3, 0.4) is 0 Å². The van der Waals surface area contributed by atoms with Gasteiger partial charge < -0.3 is 13.9 Å². The van der Waals surface area contributed by atoms with Crippen molar-refractivity contribution in [2.75, 3.05) is 0 Å². The number of para-hydroxylation sites is 3. The van der Waals surface area contributed by atoms with E-state index in [-0.39, 0.29) is 66.2 Å². The second-order valence-corrected chi connectivity index (χ2v) is 19.7. The Morgan fingerprint density at radius 3 is 1.43 bits per heavy atom. The van der Waals surface area contributed by atoms with Gasteiger partial charge >= 0.3 is 0 Å². The number of rotatable bonds is 13. The largest absolute Gasteiger partial charge is 0.510 e. The minimum atomic E-state index is -2.98.